The number of methoxy groups -OCH3 is 2. The van der Waals surface area contributed by atoms with Gasteiger partial charge in [0, 0.05) is 55.3 Å². The predicted molar refractivity (Wildman–Crippen MR) is 138 cm³/mol. The summed E-state index contributed by atoms with van der Waals surface area (Å²) in [5, 5.41) is 9.30. The molecule has 1 unspecified atom stereocenters. The van der Waals surface area contributed by atoms with Crippen LogP contribution >= 0.6 is 0 Å². The van der Waals surface area contributed by atoms with Gasteiger partial charge in [-0.25, -0.2) is 4.98 Å². The number of aromatic nitrogens is 2. The van der Waals surface area contributed by atoms with Crippen molar-refractivity contribution in [1.29, 1.82) is 0 Å². The lowest BCUT2D eigenvalue weighted by atomic mass is 10.1. The fourth-order valence-electron chi connectivity index (χ4n) is 3.95. The molecular weight excluding hydrogens is 460 g/mol. The number of hydrogen-bond acceptors (Lipinski definition) is 8. The largest absolute Gasteiger partial charge is 0.497 e. The third kappa shape index (κ3) is 6.21. The van der Waals surface area contributed by atoms with Crippen LogP contribution in [0.3, 0.4) is 0 Å². The van der Waals surface area contributed by atoms with Gasteiger partial charge in [0.05, 0.1) is 20.1 Å². The molecule has 0 bridgehead atoms. The maximum Gasteiger partial charge on any atom is 0.227 e. The van der Waals surface area contributed by atoms with Crippen LogP contribution < -0.4 is 30.3 Å². The van der Waals surface area contributed by atoms with Crippen LogP contribution in [-0.4, -0.2) is 55.6 Å². The second kappa shape index (κ2) is 11.4. The maximum atomic E-state index is 12.7. The molecule has 3 N–H and O–H groups in total. The molecule has 10 heteroatoms. The Morgan fingerprint density at radius 3 is 2.56 bits per heavy atom. The molecule has 3 aromatic rings. The van der Waals surface area contributed by atoms with Crippen molar-refractivity contribution in [1.82, 2.24) is 15.3 Å². The van der Waals surface area contributed by atoms with Crippen LogP contribution in [0.15, 0.2) is 54.6 Å². The van der Waals surface area contributed by atoms with E-state index in [9.17, 15) is 9.59 Å². The maximum absolute atomic E-state index is 12.7. The first-order valence-electron chi connectivity index (χ1n) is 11.7. The Kier molecular flexibility index (Phi) is 7.84. The summed E-state index contributed by atoms with van der Waals surface area (Å²) in [6, 6.07) is 16.7. The van der Waals surface area contributed by atoms with Gasteiger partial charge in [0.1, 0.15) is 17.3 Å². The Morgan fingerprint density at radius 2 is 1.81 bits per heavy atom. The summed E-state index contributed by atoms with van der Waals surface area (Å²) >= 11 is 0. The van der Waals surface area contributed by atoms with Crippen molar-refractivity contribution in [2.45, 2.75) is 13.3 Å². The molecule has 10 nitrogen and oxygen atoms in total. The molecule has 1 saturated heterocycles. The molecule has 1 aliphatic rings. The Balaban J connectivity index is 1.26. The van der Waals surface area contributed by atoms with Crippen LogP contribution in [0.5, 0.6) is 11.5 Å². The van der Waals surface area contributed by atoms with Crippen molar-refractivity contribution in [3.8, 4) is 11.5 Å². The Labute approximate surface area is 210 Å². The second-order valence-electron chi connectivity index (χ2n) is 8.40. The highest BCUT2D eigenvalue weighted by atomic mass is 16.5. The molecule has 0 saturated carbocycles. The van der Waals surface area contributed by atoms with Crippen LogP contribution in [-0.2, 0) is 9.59 Å². The Morgan fingerprint density at radius 1 is 1.03 bits per heavy atom. The molecule has 1 aliphatic heterocycles. The zero-order valence-electron chi connectivity index (χ0n) is 20.6. The second-order valence-corrected chi connectivity index (χ2v) is 8.40. The number of anilines is 4. The summed E-state index contributed by atoms with van der Waals surface area (Å²) in [6.45, 7) is 3.05. The summed E-state index contributed by atoms with van der Waals surface area (Å²) in [4.78, 5) is 35.7. The van der Waals surface area contributed by atoms with E-state index in [1.807, 2.05) is 55.5 Å². The lowest BCUT2D eigenvalue weighted by Crippen LogP contribution is -2.35. The van der Waals surface area contributed by atoms with Crippen molar-refractivity contribution in [3.63, 3.8) is 0 Å². The van der Waals surface area contributed by atoms with Crippen molar-refractivity contribution >= 4 is 35.0 Å². The topological polar surface area (TPSA) is 118 Å². The summed E-state index contributed by atoms with van der Waals surface area (Å²) in [7, 11) is 3.20. The minimum absolute atomic E-state index is 0.0772. The van der Waals surface area contributed by atoms with E-state index in [0.29, 0.717) is 37.1 Å². The van der Waals surface area contributed by atoms with E-state index in [1.54, 1.807) is 25.2 Å². The first-order valence-corrected chi connectivity index (χ1v) is 11.7. The molecule has 188 valence electrons. The third-order valence-corrected chi connectivity index (χ3v) is 5.78. The van der Waals surface area contributed by atoms with E-state index in [0.717, 1.165) is 22.8 Å². The standard InChI is InChI=1S/C26H30N6O4/c1-17-13-23(30-19-7-9-21(35-2)10-8-19)31-26(29-17)28-12-11-27-25(34)18-14-24(33)32(16-18)20-5-4-6-22(15-20)36-3/h4-10,13,15,18H,11-12,14,16H2,1-3H3,(H,27,34)(H2,28,29,30,31). The number of carbonyl (C=O) groups is 2. The van der Waals surface area contributed by atoms with Crippen LogP contribution in [0, 0.1) is 12.8 Å². The van der Waals surface area contributed by atoms with E-state index >= 15 is 0 Å². The molecule has 4 rings (SSSR count). The normalized spacial score (nSPS) is 14.9. The number of benzene rings is 2. The molecule has 0 radical (unpaired) electrons. The lowest BCUT2D eigenvalue weighted by molar-refractivity contribution is -0.126. The Bertz CT molecular complexity index is 1220. The summed E-state index contributed by atoms with van der Waals surface area (Å²) in [5.41, 5.74) is 2.41. The van der Waals surface area contributed by atoms with E-state index in [1.165, 1.54) is 0 Å². The first-order chi connectivity index (χ1) is 17.4. The molecule has 2 heterocycles. The van der Waals surface area contributed by atoms with Gasteiger partial charge in [-0.1, -0.05) is 6.07 Å². The minimum atomic E-state index is -0.403. The fraction of sp³-hybridized carbons (Fsp3) is 0.308. The SMILES string of the molecule is COc1ccc(Nc2cc(C)nc(NCCNC(=O)C3CC(=O)N(c4cccc(OC)c4)C3)n2)cc1. The number of rotatable bonds is 10. The third-order valence-electron chi connectivity index (χ3n) is 5.78. The number of ether oxygens (including phenoxy) is 2. The molecule has 0 aliphatic carbocycles. The van der Waals surface area contributed by atoms with Gasteiger partial charge in [0.2, 0.25) is 17.8 Å². The van der Waals surface area contributed by atoms with E-state index in [4.69, 9.17) is 9.47 Å². The van der Waals surface area contributed by atoms with Crippen LogP contribution in [0.25, 0.3) is 0 Å². The number of hydrogen-bond donors (Lipinski definition) is 3. The zero-order chi connectivity index (χ0) is 25.5. The molecule has 36 heavy (non-hydrogen) atoms. The first kappa shape index (κ1) is 24.8. The molecular formula is C26H30N6O4. The molecule has 2 amide bonds. The molecule has 1 aromatic heterocycles. The molecule has 0 spiro atoms. The minimum Gasteiger partial charge on any atom is -0.497 e. The van der Waals surface area contributed by atoms with Crippen LogP contribution in [0.1, 0.15) is 12.1 Å². The number of amides is 2. The lowest BCUT2D eigenvalue weighted by Gasteiger charge is -2.17. The van der Waals surface area contributed by atoms with Gasteiger partial charge in [-0.05, 0) is 43.3 Å². The molecule has 1 fully saturated rings. The quantitative estimate of drug-likeness (QED) is 0.371. The average Bonchev–Trinajstić information content (AvgIpc) is 3.28. The van der Waals surface area contributed by atoms with Gasteiger partial charge in [-0.15, -0.1) is 0 Å². The summed E-state index contributed by atoms with van der Waals surface area (Å²) in [6.07, 6.45) is 0.178. The zero-order valence-corrected chi connectivity index (χ0v) is 20.6. The van der Waals surface area contributed by atoms with E-state index < -0.39 is 5.92 Å². The van der Waals surface area contributed by atoms with Crippen molar-refractivity contribution in [2.24, 2.45) is 5.92 Å². The van der Waals surface area contributed by atoms with E-state index in [-0.39, 0.29) is 18.2 Å². The summed E-state index contributed by atoms with van der Waals surface area (Å²) in [5.74, 6) is 1.92. The smallest absolute Gasteiger partial charge is 0.227 e. The Hall–Kier alpha value is -4.34. The van der Waals surface area contributed by atoms with Gasteiger partial charge >= 0.3 is 0 Å². The van der Waals surface area contributed by atoms with Gasteiger partial charge < -0.3 is 30.3 Å². The van der Waals surface area contributed by atoms with Crippen molar-refractivity contribution in [2.75, 3.05) is 49.4 Å². The van der Waals surface area contributed by atoms with Crippen LogP contribution in [0.2, 0.25) is 0 Å². The fourth-order valence-corrected chi connectivity index (χ4v) is 3.95. The predicted octanol–water partition coefficient (Wildman–Crippen LogP) is 3.13. The number of aryl methyl sites for hydroxylation is 1. The number of nitrogens with zero attached hydrogens (tertiary/aromatic N) is 3. The highest BCUT2D eigenvalue weighted by Gasteiger charge is 2.35. The molecule has 1 atom stereocenters. The number of carbonyl (C=O) groups excluding carboxylic acids is 2. The molecule has 2 aromatic carbocycles. The monoisotopic (exact) mass is 490 g/mol. The van der Waals surface area contributed by atoms with Crippen molar-refractivity contribution in [3.05, 3.63) is 60.3 Å². The van der Waals surface area contributed by atoms with E-state index in [2.05, 4.69) is 25.9 Å². The van der Waals surface area contributed by atoms with Gasteiger partial charge in [0.25, 0.3) is 0 Å². The van der Waals surface area contributed by atoms with Gasteiger partial charge in [-0.2, -0.15) is 4.98 Å². The van der Waals surface area contributed by atoms with Crippen molar-refractivity contribution < 1.29 is 19.1 Å². The highest BCUT2D eigenvalue weighted by Crippen LogP contribution is 2.28. The van der Waals surface area contributed by atoms with Crippen LogP contribution in [0.4, 0.5) is 23.1 Å². The highest BCUT2D eigenvalue weighted by molar-refractivity contribution is 6.00. The van der Waals surface area contributed by atoms with Gasteiger partial charge in [0.15, 0.2) is 0 Å². The number of nitrogens with one attached hydrogen (secondary N) is 3. The average molecular weight is 491 g/mol. The summed E-state index contributed by atoms with van der Waals surface area (Å²) < 4.78 is 10.4. The van der Waals surface area contributed by atoms with Gasteiger partial charge in [-0.3, -0.25) is 9.59 Å².